The van der Waals surface area contributed by atoms with Gasteiger partial charge in [-0.15, -0.1) is 0 Å². The summed E-state index contributed by atoms with van der Waals surface area (Å²) in [4.78, 5) is 23.4. The van der Waals surface area contributed by atoms with Crippen LogP contribution in [0.4, 0.5) is 4.79 Å². The maximum Gasteiger partial charge on any atom is 0.329 e. The number of rotatable bonds is 8. The number of para-hydroxylation sites is 1. The van der Waals surface area contributed by atoms with Gasteiger partial charge in [0.15, 0.2) is 5.75 Å². The van der Waals surface area contributed by atoms with Crippen LogP contribution in [0.2, 0.25) is 10.0 Å². The van der Waals surface area contributed by atoms with Gasteiger partial charge in [0.05, 0.1) is 10.0 Å². The van der Waals surface area contributed by atoms with Gasteiger partial charge in [-0.1, -0.05) is 59.6 Å². The minimum absolute atomic E-state index is 0.0356. The number of ether oxygens (including phenoxy) is 2. The Hall–Kier alpha value is -2.44. The Morgan fingerprint density at radius 1 is 1.00 bits per heavy atom. The van der Waals surface area contributed by atoms with Gasteiger partial charge in [0.2, 0.25) is 0 Å². The zero-order valence-electron chi connectivity index (χ0n) is 13.8. The highest BCUT2D eigenvalue weighted by atomic mass is 35.5. The first-order valence-electron chi connectivity index (χ1n) is 7.80. The van der Waals surface area contributed by atoms with E-state index >= 15 is 0 Å². The topological polar surface area (TPSA) is 90.7 Å². The average molecular weight is 397 g/mol. The van der Waals surface area contributed by atoms with Gasteiger partial charge in [0.25, 0.3) is 0 Å². The first kappa shape index (κ1) is 19.9. The Kier molecular flexibility index (Phi) is 7.56. The lowest BCUT2D eigenvalue weighted by Crippen LogP contribution is -2.46. The summed E-state index contributed by atoms with van der Waals surface area (Å²) in [5.41, 5.74) is 6.00. The van der Waals surface area contributed by atoms with Gasteiger partial charge in [-0.25, -0.2) is 9.59 Å². The number of nitrogens with one attached hydrogen (secondary N) is 1. The molecule has 2 amide bonds. The Morgan fingerprint density at radius 3 is 2.27 bits per heavy atom. The molecule has 26 heavy (non-hydrogen) atoms. The van der Waals surface area contributed by atoms with Crippen molar-refractivity contribution >= 4 is 35.2 Å². The number of urea groups is 1. The van der Waals surface area contributed by atoms with Gasteiger partial charge < -0.3 is 20.5 Å². The van der Waals surface area contributed by atoms with Crippen molar-refractivity contribution in [1.29, 1.82) is 0 Å². The Balaban J connectivity index is 1.87. The van der Waals surface area contributed by atoms with Crippen LogP contribution in [0.25, 0.3) is 0 Å². The molecule has 8 heteroatoms. The van der Waals surface area contributed by atoms with E-state index < -0.39 is 18.0 Å². The van der Waals surface area contributed by atoms with Crippen molar-refractivity contribution in [3.05, 3.63) is 64.1 Å². The molecular formula is C18H18Cl2N2O4. The summed E-state index contributed by atoms with van der Waals surface area (Å²) in [6.07, 6.45) is 0.264. The molecule has 6 nitrogen and oxygen atoms in total. The SMILES string of the molecule is NC(=O)N[C@@H](Cc1ccccc1)C(=O)OCCOc1c(Cl)cccc1Cl. The van der Waals surface area contributed by atoms with E-state index in [-0.39, 0.29) is 19.6 Å². The average Bonchev–Trinajstić information content (AvgIpc) is 2.60. The lowest BCUT2D eigenvalue weighted by Gasteiger charge is -2.17. The third kappa shape index (κ3) is 6.13. The molecule has 0 bridgehead atoms. The summed E-state index contributed by atoms with van der Waals surface area (Å²) in [6.45, 7) is 0.0237. The Morgan fingerprint density at radius 2 is 1.65 bits per heavy atom. The lowest BCUT2D eigenvalue weighted by molar-refractivity contribution is -0.146. The summed E-state index contributed by atoms with van der Waals surface area (Å²) >= 11 is 12.0. The van der Waals surface area contributed by atoms with Crippen molar-refractivity contribution in [2.45, 2.75) is 12.5 Å². The molecule has 0 saturated heterocycles. The number of benzene rings is 2. The van der Waals surface area contributed by atoms with Crippen LogP contribution in [-0.2, 0) is 16.0 Å². The molecule has 0 aromatic heterocycles. The summed E-state index contributed by atoms with van der Waals surface area (Å²) in [7, 11) is 0. The van der Waals surface area contributed by atoms with Gasteiger partial charge in [-0.3, -0.25) is 0 Å². The van der Waals surface area contributed by atoms with Crippen molar-refractivity contribution in [3.63, 3.8) is 0 Å². The number of carbonyl (C=O) groups excluding carboxylic acids is 2. The van der Waals surface area contributed by atoms with E-state index in [2.05, 4.69) is 5.32 Å². The number of halogens is 2. The number of esters is 1. The quantitative estimate of drug-likeness (QED) is 0.529. The molecule has 0 radical (unpaired) electrons. The van der Waals surface area contributed by atoms with E-state index in [4.69, 9.17) is 38.4 Å². The van der Waals surface area contributed by atoms with E-state index in [9.17, 15) is 9.59 Å². The molecule has 138 valence electrons. The van der Waals surface area contributed by atoms with Crippen molar-refractivity contribution in [1.82, 2.24) is 5.32 Å². The van der Waals surface area contributed by atoms with Crippen LogP contribution < -0.4 is 15.8 Å². The van der Waals surface area contributed by atoms with Crippen LogP contribution in [-0.4, -0.2) is 31.3 Å². The molecule has 0 unspecified atom stereocenters. The summed E-state index contributed by atoms with van der Waals surface area (Å²) in [6, 6.07) is 12.5. The maximum absolute atomic E-state index is 12.2. The van der Waals surface area contributed by atoms with E-state index in [1.807, 2.05) is 30.3 Å². The highest BCUT2D eigenvalue weighted by Crippen LogP contribution is 2.32. The van der Waals surface area contributed by atoms with Gasteiger partial charge in [-0.2, -0.15) is 0 Å². The smallest absolute Gasteiger partial charge is 0.329 e. The predicted octanol–water partition coefficient (Wildman–Crippen LogP) is 3.20. The largest absolute Gasteiger partial charge is 0.487 e. The standard InChI is InChI=1S/C18H18Cl2N2O4/c19-13-7-4-8-14(20)16(13)25-9-10-26-17(23)15(22-18(21)24)11-12-5-2-1-3-6-12/h1-8,15H,9-11H2,(H3,21,22,24)/t15-/m0/s1. The molecule has 0 aliphatic carbocycles. The maximum atomic E-state index is 12.2. The molecular weight excluding hydrogens is 379 g/mol. The van der Waals surface area contributed by atoms with Crippen LogP contribution in [0.15, 0.2) is 48.5 Å². The van der Waals surface area contributed by atoms with Gasteiger partial charge >= 0.3 is 12.0 Å². The summed E-state index contributed by atoms with van der Waals surface area (Å²) in [5, 5.41) is 3.11. The third-order valence-electron chi connectivity index (χ3n) is 3.38. The van der Waals surface area contributed by atoms with Gasteiger partial charge in [0.1, 0.15) is 19.3 Å². The van der Waals surface area contributed by atoms with Crippen LogP contribution in [0.5, 0.6) is 5.75 Å². The fourth-order valence-corrected chi connectivity index (χ4v) is 2.73. The molecule has 1 atom stereocenters. The Labute approximate surface area is 161 Å². The van der Waals surface area contributed by atoms with Crippen molar-refractivity contribution in [2.24, 2.45) is 5.73 Å². The van der Waals surface area contributed by atoms with E-state index in [0.29, 0.717) is 15.8 Å². The van der Waals surface area contributed by atoms with Gasteiger partial charge in [-0.05, 0) is 17.7 Å². The summed E-state index contributed by atoms with van der Waals surface area (Å²) in [5.74, 6) is -0.288. The van der Waals surface area contributed by atoms with Crippen LogP contribution in [0.3, 0.4) is 0 Å². The molecule has 3 N–H and O–H groups in total. The normalized spacial score (nSPS) is 11.5. The second-order valence-corrected chi connectivity index (χ2v) is 6.13. The first-order valence-corrected chi connectivity index (χ1v) is 8.56. The minimum Gasteiger partial charge on any atom is -0.487 e. The van der Waals surface area contributed by atoms with Crippen molar-refractivity contribution < 1.29 is 19.1 Å². The summed E-state index contributed by atoms with van der Waals surface area (Å²) < 4.78 is 10.6. The third-order valence-corrected chi connectivity index (χ3v) is 3.97. The Bertz CT molecular complexity index is 736. The molecule has 2 aromatic carbocycles. The number of nitrogens with two attached hydrogens (primary N) is 1. The molecule has 2 rings (SSSR count). The number of primary amides is 1. The van der Waals surface area contributed by atoms with Gasteiger partial charge in [0, 0.05) is 6.42 Å². The van der Waals surface area contributed by atoms with Crippen LogP contribution in [0.1, 0.15) is 5.56 Å². The van der Waals surface area contributed by atoms with E-state index in [1.54, 1.807) is 18.2 Å². The zero-order chi connectivity index (χ0) is 18.9. The van der Waals surface area contributed by atoms with E-state index in [1.165, 1.54) is 0 Å². The molecule has 0 fully saturated rings. The molecule has 0 aliphatic rings. The lowest BCUT2D eigenvalue weighted by atomic mass is 10.1. The number of hydrogen-bond acceptors (Lipinski definition) is 4. The molecule has 2 aromatic rings. The second kappa shape index (κ2) is 9.89. The first-order chi connectivity index (χ1) is 12.5. The molecule has 0 spiro atoms. The monoisotopic (exact) mass is 396 g/mol. The highest BCUT2D eigenvalue weighted by molar-refractivity contribution is 6.37. The van der Waals surface area contributed by atoms with E-state index in [0.717, 1.165) is 5.56 Å². The zero-order valence-corrected chi connectivity index (χ0v) is 15.3. The number of hydrogen-bond donors (Lipinski definition) is 2. The van der Waals surface area contributed by atoms with Crippen LogP contribution in [0, 0.1) is 0 Å². The molecule has 0 aliphatic heterocycles. The molecule has 0 heterocycles. The highest BCUT2D eigenvalue weighted by Gasteiger charge is 2.22. The van der Waals surface area contributed by atoms with Crippen LogP contribution >= 0.6 is 23.2 Å². The van der Waals surface area contributed by atoms with Crippen molar-refractivity contribution in [2.75, 3.05) is 13.2 Å². The fourth-order valence-electron chi connectivity index (χ4n) is 2.22. The molecule has 0 saturated carbocycles. The van der Waals surface area contributed by atoms with Crippen molar-refractivity contribution in [3.8, 4) is 5.75 Å². The number of amides is 2. The fraction of sp³-hybridized carbons (Fsp3) is 0.222. The number of carbonyl (C=O) groups is 2. The predicted molar refractivity (Wildman–Crippen MR) is 99.6 cm³/mol. The minimum atomic E-state index is -0.890. The second-order valence-electron chi connectivity index (χ2n) is 5.32.